The minimum absolute atomic E-state index is 0.0949. The van der Waals surface area contributed by atoms with E-state index in [4.69, 9.17) is 24.4 Å². The van der Waals surface area contributed by atoms with Crippen molar-refractivity contribution in [1.29, 1.82) is 0 Å². The number of thiazole rings is 1. The number of ether oxygens (including phenoxy) is 2. The van der Waals surface area contributed by atoms with E-state index in [-0.39, 0.29) is 17.9 Å². The third-order valence-corrected chi connectivity index (χ3v) is 8.58. The summed E-state index contributed by atoms with van der Waals surface area (Å²) in [5, 5.41) is 4.52. The molecule has 3 aromatic heterocycles. The van der Waals surface area contributed by atoms with Crippen molar-refractivity contribution in [3.63, 3.8) is 0 Å². The Bertz CT molecular complexity index is 1490. The number of fused-ring (bicyclic) bond motifs is 1. The molecule has 1 saturated carbocycles. The van der Waals surface area contributed by atoms with E-state index in [1.807, 2.05) is 32.0 Å². The highest BCUT2D eigenvalue weighted by atomic mass is 32.1. The van der Waals surface area contributed by atoms with Crippen molar-refractivity contribution in [1.82, 2.24) is 19.5 Å². The van der Waals surface area contributed by atoms with Crippen molar-refractivity contribution in [2.45, 2.75) is 65.5 Å². The van der Waals surface area contributed by atoms with E-state index in [1.54, 1.807) is 18.4 Å². The van der Waals surface area contributed by atoms with Crippen LogP contribution in [0.4, 0.5) is 11.4 Å². The maximum absolute atomic E-state index is 12.7. The molecule has 1 aromatic carbocycles. The third-order valence-electron chi connectivity index (χ3n) is 7.46. The fraction of sp³-hybridized carbons (Fsp3) is 0.448. The largest absolute Gasteiger partial charge is 0.495 e. The first-order valence-electron chi connectivity index (χ1n) is 13.3. The van der Waals surface area contributed by atoms with Crippen molar-refractivity contribution in [2.75, 3.05) is 19.0 Å². The van der Waals surface area contributed by atoms with Crippen LogP contribution in [-0.4, -0.2) is 39.0 Å². The Morgan fingerprint density at radius 2 is 1.95 bits per heavy atom. The van der Waals surface area contributed by atoms with E-state index in [0.717, 1.165) is 89.0 Å². The molecular formula is C29H33N5O3S. The van der Waals surface area contributed by atoms with Crippen molar-refractivity contribution in [3.8, 4) is 16.3 Å². The lowest BCUT2D eigenvalue weighted by atomic mass is 10.1. The summed E-state index contributed by atoms with van der Waals surface area (Å²) >= 11 is 1.68. The molecule has 8 nitrogen and oxygen atoms in total. The summed E-state index contributed by atoms with van der Waals surface area (Å²) in [6.07, 6.45) is 5.30. The topological polar surface area (TPSA) is 91.2 Å². The number of carbonyl (C=O) groups excluding carboxylic acids is 1. The van der Waals surface area contributed by atoms with Crippen molar-refractivity contribution < 1.29 is 14.3 Å². The molecule has 1 saturated heterocycles. The van der Waals surface area contributed by atoms with Gasteiger partial charge in [0.05, 0.1) is 29.9 Å². The van der Waals surface area contributed by atoms with Gasteiger partial charge in [-0.05, 0) is 77.1 Å². The van der Waals surface area contributed by atoms with Crippen LogP contribution in [0, 0.1) is 26.7 Å². The highest BCUT2D eigenvalue weighted by Gasteiger charge is 2.30. The summed E-state index contributed by atoms with van der Waals surface area (Å²) in [5.41, 5.74) is 5.94. The molecule has 1 aliphatic heterocycles. The monoisotopic (exact) mass is 531 g/mol. The number of imidazole rings is 1. The quantitative estimate of drug-likeness (QED) is 0.279. The first-order chi connectivity index (χ1) is 18.4. The van der Waals surface area contributed by atoms with Gasteiger partial charge < -0.3 is 14.8 Å². The van der Waals surface area contributed by atoms with Gasteiger partial charge in [0.2, 0.25) is 0 Å². The van der Waals surface area contributed by atoms with Crippen LogP contribution >= 0.6 is 11.3 Å². The fourth-order valence-electron chi connectivity index (χ4n) is 5.08. The van der Waals surface area contributed by atoms with Gasteiger partial charge in [-0.2, -0.15) is 0 Å². The lowest BCUT2D eigenvalue weighted by Gasteiger charge is -2.25. The summed E-state index contributed by atoms with van der Waals surface area (Å²) in [5.74, 6) is 2.00. The second kappa shape index (κ2) is 10.1. The normalized spacial score (nSPS) is 17.6. The van der Waals surface area contributed by atoms with Gasteiger partial charge in [0, 0.05) is 29.4 Å². The molecule has 1 unspecified atom stereocenters. The maximum Gasteiger partial charge on any atom is 0.164 e. The number of anilines is 2. The lowest BCUT2D eigenvalue weighted by molar-refractivity contribution is -0.119. The van der Waals surface area contributed by atoms with Crippen LogP contribution in [0.15, 0.2) is 24.3 Å². The Morgan fingerprint density at radius 3 is 2.63 bits per heavy atom. The first kappa shape index (κ1) is 25.0. The van der Waals surface area contributed by atoms with Crippen molar-refractivity contribution in [3.05, 3.63) is 46.4 Å². The molecule has 2 aliphatic rings. The van der Waals surface area contributed by atoms with Crippen LogP contribution < -0.4 is 10.1 Å². The van der Waals surface area contributed by atoms with Crippen LogP contribution in [0.5, 0.6) is 5.75 Å². The third kappa shape index (κ3) is 4.80. The van der Waals surface area contributed by atoms with Crippen LogP contribution in [-0.2, 0) is 16.0 Å². The number of nitrogens with zero attached hydrogens (tertiary/aromatic N) is 4. The standard InChI is InChI=1S/C29H33N5O3S/c1-16-17(2)38-29(30-16)20-10-11-22(25(13-20)36-4)33-23-14-21(15-24(35)19-8-9-19)32-28-27(23)31-18(3)34(28)26-7-5-6-12-37-26/h10-11,13-14,19,26H,5-9,12,15H2,1-4H3,(H,32,33). The lowest BCUT2D eigenvalue weighted by Crippen LogP contribution is -2.19. The van der Waals surface area contributed by atoms with Gasteiger partial charge in [0.15, 0.2) is 5.65 Å². The van der Waals surface area contributed by atoms with E-state index in [0.29, 0.717) is 12.2 Å². The fourth-order valence-corrected chi connectivity index (χ4v) is 5.99. The summed E-state index contributed by atoms with van der Waals surface area (Å²) in [6, 6.07) is 8.03. The van der Waals surface area contributed by atoms with Gasteiger partial charge in [-0.15, -0.1) is 11.3 Å². The molecule has 0 radical (unpaired) electrons. The van der Waals surface area contributed by atoms with Gasteiger partial charge in [0.1, 0.15) is 34.1 Å². The Kier molecular flexibility index (Phi) is 6.65. The number of methoxy groups -OCH3 is 1. The molecular weight excluding hydrogens is 498 g/mol. The minimum Gasteiger partial charge on any atom is -0.495 e. The van der Waals surface area contributed by atoms with Crippen LogP contribution in [0.2, 0.25) is 0 Å². The molecule has 4 heterocycles. The summed E-state index contributed by atoms with van der Waals surface area (Å²) in [6.45, 7) is 6.84. The number of aromatic nitrogens is 4. The van der Waals surface area contributed by atoms with E-state index < -0.39 is 0 Å². The predicted octanol–water partition coefficient (Wildman–Crippen LogP) is 6.45. The average Bonchev–Trinajstić information content (AvgIpc) is 3.64. The molecule has 1 atom stereocenters. The van der Waals surface area contributed by atoms with Gasteiger partial charge in [-0.3, -0.25) is 9.36 Å². The Labute approximate surface area is 226 Å². The smallest absolute Gasteiger partial charge is 0.164 e. The van der Waals surface area contributed by atoms with Crippen LogP contribution in [0.25, 0.3) is 21.7 Å². The van der Waals surface area contributed by atoms with Gasteiger partial charge in [0.25, 0.3) is 0 Å². The number of aryl methyl sites for hydroxylation is 3. The number of hydrogen-bond acceptors (Lipinski definition) is 8. The zero-order valence-electron chi connectivity index (χ0n) is 22.3. The van der Waals surface area contributed by atoms with Crippen LogP contribution in [0.3, 0.4) is 0 Å². The number of pyridine rings is 1. The van der Waals surface area contributed by atoms with Crippen molar-refractivity contribution in [2.24, 2.45) is 5.92 Å². The molecule has 38 heavy (non-hydrogen) atoms. The molecule has 1 aliphatic carbocycles. The number of nitrogens with one attached hydrogen (secondary N) is 1. The van der Waals surface area contributed by atoms with Gasteiger partial charge in [-0.25, -0.2) is 15.0 Å². The Balaban J connectivity index is 1.41. The number of rotatable bonds is 8. The van der Waals surface area contributed by atoms with E-state index in [2.05, 4.69) is 22.9 Å². The maximum atomic E-state index is 12.7. The van der Waals surface area contributed by atoms with Gasteiger partial charge >= 0.3 is 0 Å². The number of carbonyl (C=O) groups is 1. The molecule has 0 bridgehead atoms. The average molecular weight is 532 g/mol. The number of hydrogen-bond donors (Lipinski definition) is 1. The molecule has 6 rings (SSSR count). The van der Waals surface area contributed by atoms with E-state index in [1.165, 1.54) is 4.88 Å². The first-order valence-corrected chi connectivity index (χ1v) is 14.1. The predicted molar refractivity (Wildman–Crippen MR) is 149 cm³/mol. The van der Waals surface area contributed by atoms with E-state index >= 15 is 0 Å². The molecule has 2 fully saturated rings. The molecule has 0 spiro atoms. The molecule has 1 N–H and O–H groups in total. The van der Waals surface area contributed by atoms with Crippen molar-refractivity contribution >= 4 is 39.7 Å². The molecule has 4 aromatic rings. The highest BCUT2D eigenvalue weighted by Crippen LogP contribution is 2.38. The molecule has 198 valence electrons. The summed E-state index contributed by atoms with van der Waals surface area (Å²) in [4.78, 5) is 28.5. The number of Topliss-reactive ketones (excluding diaryl/α,β-unsaturated/α-hetero) is 1. The second-order valence-corrected chi connectivity index (χ2v) is 11.5. The zero-order valence-corrected chi connectivity index (χ0v) is 23.2. The summed E-state index contributed by atoms with van der Waals surface area (Å²) < 4.78 is 14.0. The molecule has 9 heteroatoms. The highest BCUT2D eigenvalue weighted by molar-refractivity contribution is 7.15. The van der Waals surface area contributed by atoms with Crippen LogP contribution in [0.1, 0.15) is 60.4 Å². The SMILES string of the molecule is COc1cc(-c2nc(C)c(C)s2)ccc1Nc1cc(CC(=O)C2CC2)nc2c1nc(C)n2C1CCCCO1. The number of benzene rings is 1. The molecule has 0 amide bonds. The zero-order chi connectivity index (χ0) is 26.4. The minimum atomic E-state index is -0.0949. The van der Waals surface area contributed by atoms with E-state index in [9.17, 15) is 4.79 Å². The summed E-state index contributed by atoms with van der Waals surface area (Å²) in [7, 11) is 1.67. The number of ketones is 1. The van der Waals surface area contributed by atoms with Gasteiger partial charge in [-0.1, -0.05) is 0 Å². The second-order valence-electron chi connectivity index (χ2n) is 10.3. The Hall–Kier alpha value is -3.30. The Morgan fingerprint density at radius 1 is 1.11 bits per heavy atom.